The third-order valence-electron chi connectivity index (χ3n) is 5.63. The van der Waals surface area contributed by atoms with E-state index in [9.17, 15) is 4.79 Å². The maximum Gasteiger partial charge on any atom is 0.227 e. The molecule has 3 heterocycles. The molecule has 5 nitrogen and oxygen atoms in total. The number of nitrogens with zero attached hydrogens (tertiary/aromatic N) is 4. The molecule has 0 aliphatic carbocycles. The topological polar surface area (TPSA) is 51.0 Å². The Morgan fingerprint density at radius 3 is 2.85 bits per heavy atom. The molecule has 0 radical (unpaired) electrons. The van der Waals surface area contributed by atoms with Gasteiger partial charge in [-0.2, -0.15) is 0 Å². The number of benzene rings is 1. The van der Waals surface area contributed by atoms with E-state index in [-0.39, 0.29) is 11.8 Å². The highest BCUT2D eigenvalue weighted by Gasteiger charge is 2.29. The van der Waals surface area contributed by atoms with Crippen LogP contribution in [0.1, 0.15) is 55.2 Å². The zero-order chi connectivity index (χ0) is 18.8. The summed E-state index contributed by atoms with van der Waals surface area (Å²) < 4.78 is 2.31. The van der Waals surface area contributed by atoms with Crippen molar-refractivity contribution in [1.82, 2.24) is 19.7 Å². The first-order valence-electron chi connectivity index (χ1n) is 9.75. The Morgan fingerprint density at radius 2 is 2.00 bits per heavy atom. The molecule has 1 aromatic heterocycles. The molecule has 2 aliphatic rings. The fraction of sp³-hybridized carbons (Fsp3) is 0.550. The lowest BCUT2D eigenvalue weighted by Gasteiger charge is -2.32. The zero-order valence-electron chi connectivity index (χ0n) is 15.3. The fourth-order valence-corrected chi connectivity index (χ4v) is 4.64. The monoisotopic (exact) mass is 406 g/mol. The molecule has 2 aliphatic heterocycles. The normalized spacial score (nSPS) is 20.2. The molecule has 1 saturated heterocycles. The van der Waals surface area contributed by atoms with Crippen LogP contribution in [0.2, 0.25) is 10.0 Å². The SMILES string of the molecule is O=C(Cc1ccc(Cl)cc1Cl)N1CCC[C@@H](c2nnc3n2CCCCC3)C1. The number of rotatable bonds is 3. The average Bonchev–Trinajstić information content (AvgIpc) is 2.92. The number of aryl methyl sites for hydroxylation is 1. The van der Waals surface area contributed by atoms with Gasteiger partial charge in [-0.25, -0.2) is 0 Å². The maximum absolute atomic E-state index is 12.9. The van der Waals surface area contributed by atoms with Crippen molar-refractivity contribution in [2.75, 3.05) is 13.1 Å². The standard InChI is InChI=1S/C20H24Cl2N4O/c21-16-8-7-14(17(22)12-16)11-19(27)25-9-4-5-15(13-25)20-24-23-18-6-2-1-3-10-26(18)20/h7-8,12,15H,1-6,9-11,13H2/t15-/m1/s1. The Balaban J connectivity index is 1.46. The van der Waals surface area contributed by atoms with E-state index in [0.29, 0.717) is 23.0 Å². The number of fused-ring (bicyclic) bond motifs is 1. The number of carbonyl (C=O) groups excluding carboxylic acids is 1. The van der Waals surface area contributed by atoms with Crippen LogP contribution in [0.3, 0.4) is 0 Å². The molecule has 2 aromatic rings. The molecule has 0 saturated carbocycles. The van der Waals surface area contributed by atoms with Crippen LogP contribution in [0.15, 0.2) is 18.2 Å². The number of likely N-dealkylation sites (tertiary alicyclic amines) is 1. The van der Waals surface area contributed by atoms with E-state index in [0.717, 1.165) is 49.6 Å². The Bertz CT molecular complexity index is 835. The molecule has 1 fully saturated rings. The molecule has 144 valence electrons. The van der Waals surface area contributed by atoms with Gasteiger partial charge >= 0.3 is 0 Å². The van der Waals surface area contributed by atoms with Crippen LogP contribution in [0.4, 0.5) is 0 Å². The Labute approximate surface area is 169 Å². The number of piperidine rings is 1. The predicted molar refractivity (Wildman–Crippen MR) is 106 cm³/mol. The molecule has 1 atom stereocenters. The number of halogens is 2. The maximum atomic E-state index is 12.9. The fourth-order valence-electron chi connectivity index (χ4n) is 4.16. The van der Waals surface area contributed by atoms with Crippen molar-refractivity contribution in [2.45, 2.75) is 57.4 Å². The van der Waals surface area contributed by atoms with Gasteiger partial charge in [0.1, 0.15) is 11.6 Å². The molecule has 0 bridgehead atoms. The van der Waals surface area contributed by atoms with Crippen molar-refractivity contribution in [3.8, 4) is 0 Å². The van der Waals surface area contributed by atoms with Gasteiger partial charge in [0, 0.05) is 42.0 Å². The Hall–Kier alpha value is -1.59. The van der Waals surface area contributed by atoms with E-state index in [1.165, 1.54) is 19.3 Å². The molecule has 7 heteroatoms. The summed E-state index contributed by atoms with van der Waals surface area (Å²) in [5, 5.41) is 10.1. The van der Waals surface area contributed by atoms with Crippen LogP contribution < -0.4 is 0 Å². The highest BCUT2D eigenvalue weighted by atomic mass is 35.5. The highest BCUT2D eigenvalue weighted by molar-refractivity contribution is 6.35. The number of amides is 1. The van der Waals surface area contributed by atoms with Gasteiger partial charge < -0.3 is 9.47 Å². The highest BCUT2D eigenvalue weighted by Crippen LogP contribution is 2.29. The minimum Gasteiger partial charge on any atom is -0.342 e. The van der Waals surface area contributed by atoms with Crippen LogP contribution in [0.5, 0.6) is 0 Å². The second-order valence-corrected chi connectivity index (χ2v) is 8.37. The number of hydrogen-bond donors (Lipinski definition) is 0. The smallest absolute Gasteiger partial charge is 0.227 e. The summed E-state index contributed by atoms with van der Waals surface area (Å²) in [4.78, 5) is 14.8. The quantitative estimate of drug-likeness (QED) is 0.764. The molecule has 4 rings (SSSR count). The molecule has 1 aromatic carbocycles. The van der Waals surface area contributed by atoms with Crippen molar-refractivity contribution in [1.29, 1.82) is 0 Å². The van der Waals surface area contributed by atoms with Crippen molar-refractivity contribution in [2.24, 2.45) is 0 Å². The molecular formula is C20H24Cl2N4O. The summed E-state index contributed by atoms with van der Waals surface area (Å²) >= 11 is 12.2. The lowest BCUT2D eigenvalue weighted by atomic mass is 9.96. The number of aromatic nitrogens is 3. The van der Waals surface area contributed by atoms with Crippen LogP contribution in [-0.4, -0.2) is 38.7 Å². The van der Waals surface area contributed by atoms with E-state index in [4.69, 9.17) is 23.2 Å². The third-order valence-corrected chi connectivity index (χ3v) is 6.22. The Kier molecular flexibility index (Phi) is 5.69. The summed E-state index contributed by atoms with van der Waals surface area (Å²) in [5.41, 5.74) is 0.824. The second-order valence-electron chi connectivity index (χ2n) is 7.53. The van der Waals surface area contributed by atoms with E-state index in [1.807, 2.05) is 11.0 Å². The largest absolute Gasteiger partial charge is 0.342 e. The van der Waals surface area contributed by atoms with Gasteiger partial charge in [0.15, 0.2) is 0 Å². The number of hydrogen-bond acceptors (Lipinski definition) is 3. The van der Waals surface area contributed by atoms with Crippen molar-refractivity contribution in [3.63, 3.8) is 0 Å². The summed E-state index contributed by atoms with van der Waals surface area (Å²) in [5.74, 6) is 2.55. The first-order chi connectivity index (χ1) is 13.1. The predicted octanol–water partition coefficient (Wildman–Crippen LogP) is 4.26. The van der Waals surface area contributed by atoms with E-state index < -0.39 is 0 Å². The average molecular weight is 407 g/mol. The third kappa shape index (κ3) is 4.14. The summed E-state index contributed by atoms with van der Waals surface area (Å²) in [6.45, 7) is 2.51. The van der Waals surface area contributed by atoms with Crippen LogP contribution in [0.25, 0.3) is 0 Å². The second kappa shape index (κ2) is 8.19. The van der Waals surface area contributed by atoms with Gasteiger partial charge in [0.05, 0.1) is 6.42 Å². The van der Waals surface area contributed by atoms with Gasteiger partial charge in [0.2, 0.25) is 5.91 Å². The van der Waals surface area contributed by atoms with E-state index in [2.05, 4.69) is 14.8 Å². The molecule has 0 unspecified atom stereocenters. The van der Waals surface area contributed by atoms with Crippen molar-refractivity contribution < 1.29 is 4.79 Å². The first kappa shape index (κ1) is 18.8. The lowest BCUT2D eigenvalue weighted by Crippen LogP contribution is -2.40. The van der Waals surface area contributed by atoms with Crippen LogP contribution >= 0.6 is 23.2 Å². The Morgan fingerprint density at radius 1 is 1.11 bits per heavy atom. The molecular weight excluding hydrogens is 383 g/mol. The summed E-state index contributed by atoms with van der Waals surface area (Å²) in [7, 11) is 0. The lowest BCUT2D eigenvalue weighted by molar-refractivity contribution is -0.131. The minimum atomic E-state index is 0.111. The van der Waals surface area contributed by atoms with Crippen molar-refractivity contribution in [3.05, 3.63) is 45.5 Å². The summed E-state index contributed by atoms with van der Waals surface area (Å²) in [6, 6.07) is 5.30. The van der Waals surface area contributed by atoms with E-state index >= 15 is 0 Å². The van der Waals surface area contributed by atoms with Gasteiger partial charge in [-0.3, -0.25) is 4.79 Å². The van der Waals surface area contributed by atoms with E-state index in [1.54, 1.807) is 12.1 Å². The molecule has 1 amide bonds. The van der Waals surface area contributed by atoms with Gasteiger partial charge in [-0.15, -0.1) is 10.2 Å². The summed E-state index contributed by atoms with van der Waals surface area (Å²) in [6.07, 6.45) is 6.99. The van der Waals surface area contributed by atoms with Crippen LogP contribution in [-0.2, 0) is 24.2 Å². The molecule has 0 N–H and O–H groups in total. The molecule has 0 spiro atoms. The zero-order valence-corrected chi connectivity index (χ0v) is 16.8. The van der Waals surface area contributed by atoms with Gasteiger partial charge in [0.25, 0.3) is 0 Å². The van der Waals surface area contributed by atoms with Crippen LogP contribution in [0, 0.1) is 0 Å². The molecule has 27 heavy (non-hydrogen) atoms. The number of carbonyl (C=O) groups is 1. The van der Waals surface area contributed by atoms with Crippen molar-refractivity contribution >= 4 is 29.1 Å². The van der Waals surface area contributed by atoms with Gasteiger partial charge in [-0.1, -0.05) is 35.7 Å². The minimum absolute atomic E-state index is 0.111. The van der Waals surface area contributed by atoms with Gasteiger partial charge in [-0.05, 0) is 43.4 Å². The first-order valence-corrected chi connectivity index (χ1v) is 10.5.